The molecule has 0 bridgehead atoms. The maximum absolute atomic E-state index is 12.5. The van der Waals surface area contributed by atoms with Gasteiger partial charge in [-0.25, -0.2) is 8.42 Å². The molecule has 0 spiro atoms. The molecule has 10 heteroatoms. The summed E-state index contributed by atoms with van der Waals surface area (Å²) in [6.07, 6.45) is 1.72. The number of nitrogens with one attached hydrogen (secondary N) is 1. The Morgan fingerprint density at radius 2 is 1.82 bits per heavy atom. The van der Waals surface area contributed by atoms with E-state index >= 15 is 0 Å². The van der Waals surface area contributed by atoms with Gasteiger partial charge in [-0.1, -0.05) is 6.07 Å². The molecule has 2 aromatic carbocycles. The minimum Gasteiger partial charge on any atom is -0.484 e. The minimum atomic E-state index is -3.50. The van der Waals surface area contributed by atoms with Crippen LogP contribution in [-0.4, -0.2) is 43.2 Å². The largest absolute Gasteiger partial charge is 0.484 e. The van der Waals surface area contributed by atoms with Crippen LogP contribution < -0.4 is 10.1 Å². The van der Waals surface area contributed by atoms with Crippen LogP contribution in [0.25, 0.3) is 0 Å². The Bertz CT molecular complexity index is 969. The highest BCUT2D eigenvalue weighted by atomic mass is 32.2. The van der Waals surface area contributed by atoms with Gasteiger partial charge in [0.05, 0.1) is 15.9 Å². The Labute approximate surface area is 162 Å². The van der Waals surface area contributed by atoms with Crippen LogP contribution in [0, 0.1) is 10.1 Å². The van der Waals surface area contributed by atoms with Gasteiger partial charge < -0.3 is 10.1 Å². The van der Waals surface area contributed by atoms with Gasteiger partial charge in [-0.3, -0.25) is 14.9 Å². The molecule has 0 saturated carbocycles. The molecule has 0 aromatic heterocycles. The van der Waals surface area contributed by atoms with Gasteiger partial charge in [0, 0.05) is 24.8 Å². The molecule has 1 amide bonds. The Kier molecular flexibility index (Phi) is 5.90. The average molecular weight is 405 g/mol. The maximum Gasteiger partial charge on any atom is 0.273 e. The fraction of sp³-hybridized carbons (Fsp3) is 0.278. The highest BCUT2D eigenvalue weighted by Crippen LogP contribution is 2.22. The van der Waals surface area contributed by atoms with E-state index in [1.165, 1.54) is 52.8 Å². The van der Waals surface area contributed by atoms with Gasteiger partial charge in [0.25, 0.3) is 11.6 Å². The van der Waals surface area contributed by atoms with Crippen molar-refractivity contribution in [3.8, 4) is 5.75 Å². The summed E-state index contributed by atoms with van der Waals surface area (Å²) in [6, 6.07) is 11.4. The molecule has 3 rings (SSSR count). The second kappa shape index (κ2) is 8.36. The lowest BCUT2D eigenvalue weighted by Gasteiger charge is -2.15. The quantitative estimate of drug-likeness (QED) is 0.558. The topological polar surface area (TPSA) is 119 Å². The zero-order valence-corrected chi connectivity index (χ0v) is 15.7. The monoisotopic (exact) mass is 405 g/mol. The standard InChI is InChI=1S/C18H19N3O6S/c22-18(13-27-16-5-3-4-15(12-16)21(23)24)19-14-6-8-17(9-7-14)28(25,26)20-10-1-2-11-20/h3-9,12H,1-2,10-11,13H2,(H,19,22). The summed E-state index contributed by atoms with van der Waals surface area (Å²) in [5, 5.41) is 13.3. The summed E-state index contributed by atoms with van der Waals surface area (Å²) in [5.74, 6) is -0.266. The summed E-state index contributed by atoms with van der Waals surface area (Å²) in [6.45, 7) is 0.709. The van der Waals surface area contributed by atoms with Crippen LogP contribution in [0.15, 0.2) is 53.4 Å². The Morgan fingerprint density at radius 1 is 1.14 bits per heavy atom. The van der Waals surface area contributed by atoms with E-state index in [2.05, 4.69) is 5.32 Å². The zero-order chi connectivity index (χ0) is 20.1. The van der Waals surface area contributed by atoms with E-state index in [4.69, 9.17) is 4.74 Å². The highest BCUT2D eigenvalue weighted by Gasteiger charge is 2.26. The summed E-state index contributed by atoms with van der Waals surface area (Å²) in [7, 11) is -3.50. The number of nitro benzene ring substituents is 1. The van der Waals surface area contributed by atoms with E-state index in [0.717, 1.165) is 12.8 Å². The molecule has 1 N–H and O–H groups in total. The number of hydrogen-bond donors (Lipinski definition) is 1. The molecule has 0 aliphatic carbocycles. The van der Waals surface area contributed by atoms with E-state index in [1.807, 2.05) is 0 Å². The minimum absolute atomic E-state index is 0.132. The number of hydrogen-bond acceptors (Lipinski definition) is 6. The molecular formula is C18H19N3O6S. The molecule has 0 radical (unpaired) electrons. The van der Waals surface area contributed by atoms with Gasteiger partial charge in [-0.15, -0.1) is 0 Å². The van der Waals surface area contributed by atoms with Gasteiger partial charge >= 0.3 is 0 Å². The number of ether oxygens (including phenoxy) is 1. The van der Waals surface area contributed by atoms with Crippen molar-refractivity contribution in [2.24, 2.45) is 0 Å². The van der Waals surface area contributed by atoms with Crippen LogP contribution in [0.3, 0.4) is 0 Å². The maximum atomic E-state index is 12.5. The van der Waals surface area contributed by atoms with Crippen LogP contribution in [0.5, 0.6) is 5.75 Å². The van der Waals surface area contributed by atoms with E-state index in [-0.39, 0.29) is 22.9 Å². The summed E-state index contributed by atoms with van der Waals surface area (Å²) in [4.78, 5) is 22.4. The fourth-order valence-electron chi connectivity index (χ4n) is 2.82. The number of rotatable bonds is 7. The molecule has 28 heavy (non-hydrogen) atoms. The first-order valence-electron chi connectivity index (χ1n) is 8.63. The van der Waals surface area contributed by atoms with Gasteiger partial charge in [0.2, 0.25) is 10.0 Å². The third kappa shape index (κ3) is 4.65. The van der Waals surface area contributed by atoms with Crippen molar-refractivity contribution in [3.63, 3.8) is 0 Å². The first-order chi connectivity index (χ1) is 13.4. The van der Waals surface area contributed by atoms with Crippen molar-refractivity contribution in [1.82, 2.24) is 4.31 Å². The van der Waals surface area contributed by atoms with Crippen LogP contribution in [0.1, 0.15) is 12.8 Å². The van der Waals surface area contributed by atoms with Crippen molar-refractivity contribution in [2.45, 2.75) is 17.7 Å². The third-order valence-electron chi connectivity index (χ3n) is 4.24. The molecule has 1 aliphatic rings. The predicted octanol–water partition coefficient (Wildman–Crippen LogP) is 2.40. The molecule has 1 fully saturated rings. The molecule has 1 heterocycles. The van der Waals surface area contributed by atoms with E-state index in [9.17, 15) is 23.3 Å². The number of nitro groups is 1. The average Bonchev–Trinajstić information content (AvgIpc) is 3.23. The molecule has 2 aromatic rings. The number of sulfonamides is 1. The molecule has 1 saturated heterocycles. The van der Waals surface area contributed by atoms with Crippen molar-refractivity contribution < 1.29 is 22.9 Å². The Balaban J connectivity index is 1.57. The first kappa shape index (κ1) is 19.8. The highest BCUT2D eigenvalue weighted by molar-refractivity contribution is 7.89. The summed E-state index contributed by atoms with van der Waals surface area (Å²) < 4.78 is 31.7. The smallest absolute Gasteiger partial charge is 0.273 e. The van der Waals surface area contributed by atoms with E-state index in [0.29, 0.717) is 18.8 Å². The number of amides is 1. The number of benzene rings is 2. The second-order valence-electron chi connectivity index (χ2n) is 6.23. The number of non-ortho nitro benzene ring substituents is 1. The van der Waals surface area contributed by atoms with Crippen LogP contribution in [0.4, 0.5) is 11.4 Å². The number of nitrogens with zero attached hydrogens (tertiary/aromatic N) is 2. The predicted molar refractivity (Wildman–Crippen MR) is 102 cm³/mol. The van der Waals surface area contributed by atoms with Gasteiger partial charge in [-0.05, 0) is 43.2 Å². The lowest BCUT2D eigenvalue weighted by Crippen LogP contribution is -2.27. The number of carbonyl (C=O) groups is 1. The lowest BCUT2D eigenvalue weighted by molar-refractivity contribution is -0.384. The molecule has 1 aliphatic heterocycles. The van der Waals surface area contributed by atoms with Gasteiger partial charge in [0.1, 0.15) is 5.75 Å². The summed E-state index contributed by atoms with van der Waals surface area (Å²) >= 11 is 0. The SMILES string of the molecule is O=C(COc1cccc([N+](=O)[O-])c1)Nc1ccc(S(=O)(=O)N2CCCC2)cc1. The zero-order valence-electron chi connectivity index (χ0n) is 14.9. The second-order valence-corrected chi connectivity index (χ2v) is 8.16. The van der Waals surface area contributed by atoms with Crippen molar-refractivity contribution in [1.29, 1.82) is 0 Å². The molecule has 0 unspecified atom stereocenters. The molecule has 9 nitrogen and oxygen atoms in total. The van der Waals surface area contributed by atoms with Crippen molar-refractivity contribution in [3.05, 3.63) is 58.6 Å². The summed E-state index contributed by atoms with van der Waals surface area (Å²) in [5.41, 5.74) is 0.292. The van der Waals surface area contributed by atoms with Gasteiger partial charge in [0.15, 0.2) is 6.61 Å². The van der Waals surface area contributed by atoms with Crippen molar-refractivity contribution >= 4 is 27.3 Å². The van der Waals surface area contributed by atoms with Crippen LogP contribution in [0.2, 0.25) is 0 Å². The Hall–Kier alpha value is -2.98. The van der Waals surface area contributed by atoms with Crippen LogP contribution >= 0.6 is 0 Å². The Morgan fingerprint density at radius 3 is 2.46 bits per heavy atom. The molecule has 0 atom stereocenters. The lowest BCUT2D eigenvalue weighted by atomic mass is 10.3. The van der Waals surface area contributed by atoms with E-state index < -0.39 is 20.9 Å². The van der Waals surface area contributed by atoms with Gasteiger partial charge in [-0.2, -0.15) is 4.31 Å². The fourth-order valence-corrected chi connectivity index (χ4v) is 4.34. The van der Waals surface area contributed by atoms with Crippen molar-refractivity contribution in [2.75, 3.05) is 25.0 Å². The van der Waals surface area contributed by atoms with E-state index in [1.54, 1.807) is 0 Å². The number of anilines is 1. The normalized spacial score (nSPS) is 14.6. The first-order valence-corrected chi connectivity index (χ1v) is 10.1. The molecular weight excluding hydrogens is 386 g/mol. The molecule has 148 valence electrons. The number of carbonyl (C=O) groups excluding carboxylic acids is 1. The van der Waals surface area contributed by atoms with Crippen LogP contribution in [-0.2, 0) is 14.8 Å². The third-order valence-corrected chi connectivity index (χ3v) is 6.15.